The minimum atomic E-state index is -0.809. The minimum absolute atomic E-state index is 0.104. The molecule has 0 aliphatic carbocycles. The first kappa shape index (κ1) is 23.4. The molecule has 4 rings (SSSR count). The number of hydrogen-bond acceptors (Lipinski definition) is 5. The van der Waals surface area contributed by atoms with Crippen molar-refractivity contribution < 1.29 is 13.5 Å². The normalized spacial score (nSPS) is 10.9. The Balaban J connectivity index is 1.95. The molecule has 1 aromatic heterocycles. The van der Waals surface area contributed by atoms with Crippen LogP contribution in [0.25, 0.3) is 21.9 Å². The smallest absolute Gasteiger partial charge is 0.258 e. The highest BCUT2D eigenvalue weighted by atomic mass is 32.2. The predicted octanol–water partition coefficient (Wildman–Crippen LogP) is 6.55. The van der Waals surface area contributed by atoms with Crippen LogP contribution in [-0.2, 0) is 7.05 Å². The number of fused-ring (bicyclic) bond motifs is 1. The number of benzene rings is 3. The van der Waals surface area contributed by atoms with Crippen LogP contribution in [0.15, 0.2) is 77.6 Å². The molecule has 0 atom stereocenters. The third kappa shape index (κ3) is 4.63. The Bertz CT molecular complexity index is 1450. The molecule has 5 nitrogen and oxygen atoms in total. The molecule has 3 aromatic carbocycles. The molecule has 0 saturated heterocycles. The van der Waals surface area contributed by atoms with Crippen LogP contribution >= 0.6 is 11.9 Å². The van der Waals surface area contributed by atoms with Gasteiger partial charge < -0.3 is 18.9 Å². The summed E-state index contributed by atoms with van der Waals surface area (Å²) in [4.78, 5) is 14.9. The summed E-state index contributed by atoms with van der Waals surface area (Å²) >= 11 is 1.30. The summed E-state index contributed by atoms with van der Waals surface area (Å²) in [5, 5.41) is 2.93. The molecule has 0 amide bonds. The van der Waals surface area contributed by atoms with Crippen molar-refractivity contribution in [3.8, 4) is 22.6 Å². The van der Waals surface area contributed by atoms with E-state index in [4.69, 9.17) is 4.74 Å². The standard InChI is InChI=1S/C26H23F2N3O2S/c1-5-34-29-17-7-11-24(33-25-10-6-16(27)12-23(25)28)20(13-17)22-15-31(4)26(32)21-14-18(30(2)3)8-9-19(21)22/h5-15,29H,1H2,2-4H3. The van der Waals surface area contributed by atoms with Crippen LogP contribution in [0.5, 0.6) is 11.5 Å². The molecule has 0 unspecified atom stereocenters. The molecule has 0 aliphatic heterocycles. The number of pyridine rings is 1. The van der Waals surface area contributed by atoms with Gasteiger partial charge in [-0.05, 0) is 65.2 Å². The second-order valence-electron chi connectivity index (χ2n) is 7.86. The highest BCUT2D eigenvalue weighted by Crippen LogP contribution is 2.39. The number of aromatic nitrogens is 1. The van der Waals surface area contributed by atoms with E-state index in [1.165, 1.54) is 22.6 Å². The fourth-order valence-electron chi connectivity index (χ4n) is 3.63. The van der Waals surface area contributed by atoms with Gasteiger partial charge in [0.2, 0.25) is 0 Å². The zero-order valence-corrected chi connectivity index (χ0v) is 19.7. The van der Waals surface area contributed by atoms with Crippen LogP contribution in [-0.4, -0.2) is 18.7 Å². The van der Waals surface area contributed by atoms with Crippen LogP contribution in [0, 0.1) is 11.6 Å². The van der Waals surface area contributed by atoms with E-state index in [1.807, 2.05) is 43.3 Å². The number of halogens is 2. The number of nitrogens with one attached hydrogen (secondary N) is 1. The summed E-state index contributed by atoms with van der Waals surface area (Å²) in [6.07, 6.45) is 1.73. The molecular weight excluding hydrogens is 456 g/mol. The van der Waals surface area contributed by atoms with E-state index in [0.717, 1.165) is 34.5 Å². The topological polar surface area (TPSA) is 46.5 Å². The lowest BCUT2D eigenvalue weighted by molar-refractivity contribution is 0.439. The van der Waals surface area contributed by atoms with Crippen LogP contribution in [0.4, 0.5) is 20.2 Å². The molecule has 4 aromatic rings. The number of anilines is 2. The van der Waals surface area contributed by atoms with Crippen molar-refractivity contribution in [3.63, 3.8) is 0 Å². The maximum absolute atomic E-state index is 14.4. The number of nitrogens with zero attached hydrogens (tertiary/aromatic N) is 2. The van der Waals surface area contributed by atoms with Gasteiger partial charge in [0.25, 0.3) is 5.56 Å². The SMILES string of the molecule is C=CSNc1ccc(Oc2ccc(F)cc2F)c(-c2cn(C)c(=O)c3cc(N(C)C)ccc23)c1. The maximum Gasteiger partial charge on any atom is 0.258 e. The number of aryl methyl sites for hydroxylation is 1. The van der Waals surface area contributed by atoms with Gasteiger partial charge in [-0.2, -0.15) is 0 Å². The van der Waals surface area contributed by atoms with Crippen molar-refractivity contribution in [1.82, 2.24) is 4.57 Å². The van der Waals surface area contributed by atoms with Gasteiger partial charge in [0.15, 0.2) is 11.6 Å². The van der Waals surface area contributed by atoms with Gasteiger partial charge in [-0.1, -0.05) is 12.6 Å². The van der Waals surface area contributed by atoms with Crippen molar-refractivity contribution in [2.45, 2.75) is 0 Å². The van der Waals surface area contributed by atoms with Gasteiger partial charge in [-0.15, -0.1) is 0 Å². The maximum atomic E-state index is 14.4. The zero-order valence-electron chi connectivity index (χ0n) is 18.9. The second kappa shape index (κ2) is 9.61. The summed E-state index contributed by atoms with van der Waals surface area (Å²) < 4.78 is 38.3. The highest BCUT2D eigenvalue weighted by molar-refractivity contribution is 8.03. The van der Waals surface area contributed by atoms with Gasteiger partial charge in [0, 0.05) is 61.3 Å². The number of rotatable bonds is 7. The molecule has 0 saturated carbocycles. The van der Waals surface area contributed by atoms with Crippen LogP contribution < -0.4 is 19.9 Å². The van der Waals surface area contributed by atoms with E-state index in [9.17, 15) is 13.6 Å². The molecule has 8 heteroatoms. The fraction of sp³-hybridized carbons (Fsp3) is 0.115. The largest absolute Gasteiger partial charge is 0.454 e. The summed E-state index contributed by atoms with van der Waals surface area (Å²) in [7, 11) is 5.50. The second-order valence-corrected chi connectivity index (χ2v) is 8.63. The first-order valence-electron chi connectivity index (χ1n) is 10.4. The fourth-order valence-corrected chi connectivity index (χ4v) is 3.97. The molecule has 0 aliphatic rings. The summed E-state index contributed by atoms with van der Waals surface area (Å²) in [6, 6.07) is 14.2. The lowest BCUT2D eigenvalue weighted by Crippen LogP contribution is -2.17. The number of hydrogen-bond donors (Lipinski definition) is 1. The van der Waals surface area contributed by atoms with Gasteiger partial charge in [-0.3, -0.25) is 4.79 Å². The average molecular weight is 480 g/mol. The van der Waals surface area contributed by atoms with Gasteiger partial charge in [0.05, 0.1) is 0 Å². The van der Waals surface area contributed by atoms with Crippen molar-refractivity contribution in [2.24, 2.45) is 7.05 Å². The van der Waals surface area contributed by atoms with Crippen LogP contribution in [0.1, 0.15) is 0 Å². The number of ether oxygens (including phenoxy) is 1. The first-order chi connectivity index (χ1) is 16.3. The molecule has 0 radical (unpaired) electrons. The van der Waals surface area contributed by atoms with Crippen molar-refractivity contribution in [3.05, 3.63) is 94.8 Å². The van der Waals surface area contributed by atoms with Gasteiger partial charge in [-0.25, -0.2) is 8.78 Å². The van der Waals surface area contributed by atoms with E-state index in [0.29, 0.717) is 16.7 Å². The molecule has 0 spiro atoms. The highest BCUT2D eigenvalue weighted by Gasteiger charge is 2.17. The Morgan fingerprint density at radius 1 is 1.00 bits per heavy atom. The summed E-state index contributed by atoms with van der Waals surface area (Å²) in [5.41, 5.74) is 2.89. The van der Waals surface area contributed by atoms with Crippen LogP contribution in [0.2, 0.25) is 0 Å². The van der Waals surface area contributed by atoms with Gasteiger partial charge >= 0.3 is 0 Å². The molecular formula is C26H23F2N3O2S. The lowest BCUT2D eigenvalue weighted by Gasteiger charge is -2.18. The van der Waals surface area contributed by atoms with Crippen molar-refractivity contribution in [2.75, 3.05) is 23.7 Å². The third-order valence-electron chi connectivity index (χ3n) is 5.33. The molecule has 174 valence electrons. The Hall–Kier alpha value is -3.78. The molecule has 0 fully saturated rings. The van der Waals surface area contributed by atoms with Crippen molar-refractivity contribution >= 4 is 34.1 Å². The predicted molar refractivity (Wildman–Crippen MR) is 137 cm³/mol. The monoisotopic (exact) mass is 479 g/mol. The van der Waals surface area contributed by atoms with E-state index in [-0.39, 0.29) is 11.3 Å². The lowest BCUT2D eigenvalue weighted by atomic mass is 9.98. The summed E-state index contributed by atoms with van der Waals surface area (Å²) in [6.45, 7) is 3.69. The van der Waals surface area contributed by atoms with E-state index in [1.54, 1.807) is 30.8 Å². The Labute approximate surface area is 200 Å². The average Bonchev–Trinajstić information content (AvgIpc) is 2.82. The summed E-state index contributed by atoms with van der Waals surface area (Å²) in [5.74, 6) is -1.24. The molecule has 0 bridgehead atoms. The van der Waals surface area contributed by atoms with Crippen LogP contribution in [0.3, 0.4) is 0 Å². The minimum Gasteiger partial charge on any atom is -0.454 e. The Morgan fingerprint density at radius 2 is 1.76 bits per heavy atom. The quantitative estimate of drug-likeness (QED) is 0.305. The van der Waals surface area contributed by atoms with E-state index < -0.39 is 11.6 Å². The zero-order chi connectivity index (χ0) is 24.4. The van der Waals surface area contributed by atoms with Crippen molar-refractivity contribution in [1.29, 1.82) is 0 Å². The Morgan fingerprint density at radius 3 is 2.47 bits per heavy atom. The molecule has 1 N–H and O–H groups in total. The Kier molecular flexibility index (Phi) is 6.61. The third-order valence-corrected chi connectivity index (χ3v) is 5.85. The van der Waals surface area contributed by atoms with E-state index >= 15 is 0 Å². The molecule has 1 heterocycles. The molecule has 34 heavy (non-hydrogen) atoms. The first-order valence-corrected chi connectivity index (χ1v) is 11.3. The van der Waals surface area contributed by atoms with Gasteiger partial charge in [0.1, 0.15) is 11.6 Å². The van der Waals surface area contributed by atoms with E-state index in [2.05, 4.69) is 11.3 Å².